The van der Waals surface area contributed by atoms with Gasteiger partial charge < -0.3 is 0 Å². The van der Waals surface area contributed by atoms with Crippen molar-refractivity contribution >= 4 is 10.8 Å². The van der Waals surface area contributed by atoms with E-state index in [4.69, 9.17) is 0 Å². The quantitative estimate of drug-likeness (QED) is 0.283. The third-order valence-electron chi connectivity index (χ3n) is 6.89. The molecule has 0 spiro atoms. The third kappa shape index (κ3) is 2.44. The van der Waals surface area contributed by atoms with Gasteiger partial charge in [0.05, 0.1) is 11.6 Å². The lowest BCUT2D eigenvalue weighted by atomic mass is 9.81. The smallest absolute Gasteiger partial charge is 0.0998 e. The molecular weight excluding hydrogens is 386 g/mol. The Balaban J connectivity index is 1.86. The van der Waals surface area contributed by atoms with Gasteiger partial charge in [-0.05, 0) is 80.9 Å². The van der Waals surface area contributed by atoms with Gasteiger partial charge in [-0.15, -0.1) is 0 Å². The van der Waals surface area contributed by atoms with Gasteiger partial charge in [0, 0.05) is 5.39 Å². The normalized spacial score (nSPS) is 11.4. The van der Waals surface area contributed by atoms with Crippen LogP contribution in [0.15, 0.2) is 91.0 Å². The van der Waals surface area contributed by atoms with Gasteiger partial charge >= 0.3 is 0 Å². The highest BCUT2D eigenvalue weighted by Crippen LogP contribution is 2.56. The summed E-state index contributed by atoms with van der Waals surface area (Å²) in [6.07, 6.45) is 0. The molecule has 0 saturated carbocycles. The lowest BCUT2D eigenvalue weighted by Crippen LogP contribution is -1.98. The summed E-state index contributed by atoms with van der Waals surface area (Å²) in [6.45, 7) is 4.49. The number of fused-ring (bicyclic) bond motifs is 3. The van der Waals surface area contributed by atoms with Gasteiger partial charge in [-0.2, -0.15) is 5.26 Å². The summed E-state index contributed by atoms with van der Waals surface area (Å²) in [7, 11) is 0. The molecule has 0 aliphatic heterocycles. The highest BCUT2D eigenvalue weighted by atomic mass is 14.3. The highest BCUT2D eigenvalue weighted by Gasteiger charge is 2.31. The number of hydrogen-bond donors (Lipinski definition) is 0. The first-order chi connectivity index (χ1) is 15.7. The second-order valence-electron chi connectivity index (χ2n) is 8.48. The molecule has 5 aromatic rings. The Bertz CT molecular complexity index is 1490. The molecule has 150 valence electrons. The lowest BCUT2D eigenvalue weighted by molar-refractivity contribution is 1.34. The van der Waals surface area contributed by atoms with E-state index in [0.717, 1.165) is 10.9 Å². The van der Waals surface area contributed by atoms with Crippen LogP contribution in [0.3, 0.4) is 0 Å². The van der Waals surface area contributed by atoms with Crippen LogP contribution in [0, 0.1) is 25.2 Å². The molecule has 0 amide bonds. The molecule has 1 aliphatic carbocycles. The molecule has 0 atom stereocenters. The van der Waals surface area contributed by atoms with E-state index >= 15 is 0 Å². The number of hydrogen-bond acceptors (Lipinski definition) is 1. The molecule has 0 bridgehead atoms. The van der Waals surface area contributed by atoms with Crippen molar-refractivity contribution in [3.05, 3.63) is 108 Å². The van der Waals surface area contributed by atoms with Gasteiger partial charge in [-0.25, -0.2) is 0 Å². The molecule has 1 nitrogen and oxygen atoms in total. The van der Waals surface area contributed by atoms with Crippen LogP contribution >= 0.6 is 0 Å². The number of rotatable bonds is 2. The second kappa shape index (κ2) is 6.94. The fourth-order valence-corrected chi connectivity index (χ4v) is 5.39. The SMILES string of the molecule is Cc1c(C)c(-c2ccccc2)c2c(c1-c1ccccc1)-c1cccc3c(C#N)ccc-2c13. The van der Waals surface area contributed by atoms with Crippen molar-refractivity contribution in [2.75, 3.05) is 0 Å². The topological polar surface area (TPSA) is 23.8 Å². The van der Waals surface area contributed by atoms with Crippen LogP contribution in [-0.4, -0.2) is 0 Å². The van der Waals surface area contributed by atoms with Crippen molar-refractivity contribution in [3.8, 4) is 50.6 Å². The summed E-state index contributed by atoms with van der Waals surface area (Å²) in [6, 6.07) is 34.3. The van der Waals surface area contributed by atoms with Gasteiger partial charge in [0.1, 0.15) is 0 Å². The van der Waals surface area contributed by atoms with E-state index in [0.29, 0.717) is 0 Å². The molecule has 0 radical (unpaired) electrons. The average Bonchev–Trinajstić information content (AvgIpc) is 3.17. The molecule has 5 aromatic carbocycles. The van der Waals surface area contributed by atoms with E-state index in [2.05, 4.69) is 105 Å². The van der Waals surface area contributed by atoms with Crippen molar-refractivity contribution in [2.45, 2.75) is 13.8 Å². The molecule has 0 aromatic heterocycles. The van der Waals surface area contributed by atoms with Crippen LogP contribution in [0.5, 0.6) is 0 Å². The summed E-state index contributed by atoms with van der Waals surface area (Å²) in [4.78, 5) is 0. The second-order valence-corrected chi connectivity index (χ2v) is 8.48. The van der Waals surface area contributed by atoms with Gasteiger partial charge in [0.25, 0.3) is 0 Å². The average molecular weight is 408 g/mol. The van der Waals surface area contributed by atoms with Crippen LogP contribution in [0.4, 0.5) is 0 Å². The monoisotopic (exact) mass is 407 g/mol. The first-order valence-corrected chi connectivity index (χ1v) is 10.9. The minimum Gasteiger partial charge on any atom is -0.192 e. The minimum absolute atomic E-state index is 0.731. The van der Waals surface area contributed by atoms with E-state index in [-0.39, 0.29) is 0 Å². The van der Waals surface area contributed by atoms with Crippen molar-refractivity contribution in [1.29, 1.82) is 5.26 Å². The van der Waals surface area contributed by atoms with Crippen LogP contribution < -0.4 is 0 Å². The Labute approximate surface area is 188 Å². The molecule has 0 unspecified atom stereocenters. The largest absolute Gasteiger partial charge is 0.192 e. The summed E-state index contributed by atoms with van der Waals surface area (Å²) >= 11 is 0. The fraction of sp³-hybridized carbons (Fsp3) is 0.0645. The van der Waals surface area contributed by atoms with Crippen molar-refractivity contribution in [2.24, 2.45) is 0 Å². The van der Waals surface area contributed by atoms with Gasteiger partial charge in [0.15, 0.2) is 0 Å². The van der Waals surface area contributed by atoms with Crippen molar-refractivity contribution < 1.29 is 0 Å². The lowest BCUT2D eigenvalue weighted by Gasteiger charge is -2.22. The van der Waals surface area contributed by atoms with E-state index in [1.165, 1.54) is 61.0 Å². The van der Waals surface area contributed by atoms with E-state index in [1.807, 2.05) is 6.07 Å². The number of nitriles is 1. The van der Waals surface area contributed by atoms with Crippen LogP contribution in [0.2, 0.25) is 0 Å². The Morgan fingerprint density at radius 2 is 1.06 bits per heavy atom. The van der Waals surface area contributed by atoms with E-state index in [1.54, 1.807) is 0 Å². The zero-order chi connectivity index (χ0) is 21.8. The van der Waals surface area contributed by atoms with Gasteiger partial charge in [0.2, 0.25) is 0 Å². The van der Waals surface area contributed by atoms with E-state index < -0.39 is 0 Å². The predicted octanol–water partition coefficient (Wildman–Crippen LogP) is 8.31. The standard InChI is InChI=1S/C31H21N/c1-19-20(2)28(22-12-7-4-8-13-22)31-26-17-16-23(18-32)24-14-9-15-25(29(24)26)30(31)27(19)21-10-5-3-6-11-21/h3-17H,1-2H3. The first kappa shape index (κ1) is 18.6. The maximum Gasteiger partial charge on any atom is 0.0998 e. The van der Waals surface area contributed by atoms with Crippen LogP contribution in [-0.2, 0) is 0 Å². The molecule has 0 saturated heterocycles. The summed E-state index contributed by atoms with van der Waals surface area (Å²) in [5, 5.41) is 12.0. The third-order valence-corrected chi connectivity index (χ3v) is 6.89. The molecular formula is C31H21N. The number of nitrogens with zero attached hydrogens (tertiary/aromatic N) is 1. The first-order valence-electron chi connectivity index (χ1n) is 10.9. The summed E-state index contributed by atoms with van der Waals surface area (Å²) in [5.41, 5.74) is 13.4. The highest BCUT2D eigenvalue weighted by molar-refractivity contribution is 6.22. The van der Waals surface area contributed by atoms with Gasteiger partial charge in [-0.1, -0.05) is 84.9 Å². The fourth-order valence-electron chi connectivity index (χ4n) is 5.39. The Hall–Kier alpha value is -4.15. The molecule has 0 heterocycles. The van der Waals surface area contributed by atoms with Crippen LogP contribution in [0.25, 0.3) is 55.3 Å². The molecule has 1 heteroatoms. The zero-order valence-electron chi connectivity index (χ0n) is 18.1. The summed E-state index contributed by atoms with van der Waals surface area (Å²) in [5.74, 6) is 0. The van der Waals surface area contributed by atoms with Crippen LogP contribution in [0.1, 0.15) is 16.7 Å². The maximum atomic E-state index is 9.76. The Morgan fingerprint density at radius 1 is 0.531 bits per heavy atom. The predicted molar refractivity (Wildman–Crippen MR) is 133 cm³/mol. The molecule has 6 rings (SSSR count). The van der Waals surface area contributed by atoms with E-state index in [9.17, 15) is 5.26 Å². The molecule has 0 N–H and O–H groups in total. The van der Waals surface area contributed by atoms with Crippen molar-refractivity contribution in [3.63, 3.8) is 0 Å². The zero-order valence-corrected chi connectivity index (χ0v) is 18.1. The molecule has 1 aliphatic rings. The van der Waals surface area contributed by atoms with Gasteiger partial charge in [-0.3, -0.25) is 0 Å². The molecule has 32 heavy (non-hydrogen) atoms. The molecule has 0 fully saturated rings. The maximum absolute atomic E-state index is 9.76. The summed E-state index contributed by atoms with van der Waals surface area (Å²) < 4.78 is 0. The number of benzene rings is 5. The Kier molecular flexibility index (Phi) is 4.03. The Morgan fingerprint density at radius 3 is 1.59 bits per heavy atom. The van der Waals surface area contributed by atoms with Crippen molar-refractivity contribution in [1.82, 2.24) is 0 Å². The minimum atomic E-state index is 0.731.